The highest BCUT2D eigenvalue weighted by molar-refractivity contribution is 9.10. The fraction of sp³-hybridized carbons (Fsp3) is 0.505. The maximum absolute atomic E-state index is 13.7. The van der Waals surface area contributed by atoms with E-state index in [1.807, 2.05) is 106 Å². The van der Waals surface area contributed by atoms with Gasteiger partial charge < -0.3 is 71.3 Å². The largest absolute Gasteiger partial charge is 0.480 e. The van der Waals surface area contributed by atoms with E-state index in [9.17, 15) is 72.2 Å². The molecule has 38 nitrogen and oxygen atoms in total. The van der Waals surface area contributed by atoms with Gasteiger partial charge in [0.05, 0.1) is 72.8 Å². The summed E-state index contributed by atoms with van der Waals surface area (Å²) in [6.45, 7) is 22.3. The van der Waals surface area contributed by atoms with Crippen molar-refractivity contribution in [1.82, 2.24) is 75.6 Å². The number of nitrogens with one attached hydrogen (secondary N) is 5. The zero-order valence-corrected chi connectivity index (χ0v) is 81.8. The van der Waals surface area contributed by atoms with Crippen LogP contribution >= 0.6 is 15.9 Å². The van der Waals surface area contributed by atoms with E-state index in [1.165, 1.54) is 14.7 Å². The lowest BCUT2D eigenvalue weighted by Crippen LogP contribution is -2.48. The van der Waals surface area contributed by atoms with Gasteiger partial charge in [0.15, 0.2) is 0 Å². The number of hydrogen-bond acceptors (Lipinski definition) is 32. The summed E-state index contributed by atoms with van der Waals surface area (Å²) in [5.74, 6) is -6.35. The van der Waals surface area contributed by atoms with E-state index in [4.69, 9.17) is 39.6 Å². The van der Waals surface area contributed by atoms with Crippen molar-refractivity contribution in [3.05, 3.63) is 214 Å². The Morgan fingerprint density at radius 1 is 0.321 bits per heavy atom. The van der Waals surface area contributed by atoms with Crippen molar-refractivity contribution in [3.8, 4) is 0 Å². The molecule has 6 aromatic carbocycles. The second-order valence-corrected chi connectivity index (χ2v) is 35.4. The number of fused-ring (bicyclic) bond motifs is 3. The van der Waals surface area contributed by atoms with Crippen molar-refractivity contribution >= 4 is 99.1 Å². The van der Waals surface area contributed by atoms with E-state index in [1.54, 1.807) is 101 Å². The zero-order chi connectivity index (χ0) is 100. The molecule has 13 rings (SSSR count). The smallest absolute Gasteiger partial charge is 0.323 e. The number of carbonyl (C=O) groups excluding carboxylic acids is 11. The molecule has 0 radical (unpaired) electrons. The topological polar surface area (TPSA) is 464 Å². The number of carbonyl (C=O) groups is 14. The maximum Gasteiger partial charge on any atom is 0.323 e. The number of amides is 6. The molecule has 7 aliphatic rings. The minimum Gasteiger partial charge on any atom is -0.480 e. The summed E-state index contributed by atoms with van der Waals surface area (Å²) >= 11 is 3.32. The van der Waals surface area contributed by atoms with Gasteiger partial charge in [0.1, 0.15) is 42.8 Å². The van der Waals surface area contributed by atoms with Gasteiger partial charge in [0, 0.05) is 177 Å². The lowest BCUT2D eigenvalue weighted by molar-refractivity contribution is -0.153. The van der Waals surface area contributed by atoms with Crippen LogP contribution in [0.25, 0.3) is 0 Å². The molecule has 6 amide bonds. The Bertz CT molecular complexity index is 4760. The molecule has 0 bridgehead atoms. The number of carboxylic acids is 3. The molecular formula is C101H137BrN16O22. The van der Waals surface area contributed by atoms with Crippen LogP contribution in [0.4, 0.5) is 0 Å². The summed E-state index contributed by atoms with van der Waals surface area (Å²) in [6, 6.07) is 47.1. The number of halogens is 1. The molecule has 4 unspecified atom stereocenters. The minimum atomic E-state index is -0.964. The fourth-order valence-corrected chi connectivity index (χ4v) is 17.3. The summed E-state index contributed by atoms with van der Waals surface area (Å²) < 4.78 is 27.1. The Morgan fingerprint density at radius 2 is 0.579 bits per heavy atom. The molecule has 6 aromatic rings. The molecule has 140 heavy (non-hydrogen) atoms. The number of esters is 5. The second-order valence-electron chi connectivity index (χ2n) is 34.3. The first-order chi connectivity index (χ1) is 67.9. The first kappa shape index (κ1) is 112. The van der Waals surface area contributed by atoms with Crippen molar-refractivity contribution in [2.75, 3.05) is 223 Å². The van der Waals surface area contributed by atoms with Crippen LogP contribution < -0.4 is 32.3 Å². The summed E-state index contributed by atoms with van der Waals surface area (Å²) in [7, 11) is 0. The summed E-state index contributed by atoms with van der Waals surface area (Å²) in [4.78, 5) is 190. The highest BCUT2D eigenvalue weighted by atomic mass is 79.9. The van der Waals surface area contributed by atoms with E-state index in [0.29, 0.717) is 170 Å². The van der Waals surface area contributed by atoms with Crippen LogP contribution in [0.15, 0.2) is 164 Å². The maximum atomic E-state index is 13.7. The van der Waals surface area contributed by atoms with E-state index in [2.05, 4.69) is 47.4 Å². The van der Waals surface area contributed by atoms with Crippen LogP contribution in [-0.4, -0.2) is 393 Å². The normalized spacial score (nSPS) is 17.7. The molecule has 4 fully saturated rings. The highest BCUT2D eigenvalue weighted by Crippen LogP contribution is 2.28. The standard InChI is InChI=1S/C34H44N4O8.C26H32N4O4.C20H18BrNO4.C15H28N4O6.C6H15N3/c1-3-44-30(39)23-35-17-18-36(24-31(40)45-4-2)20-22-37(21-19-35)29(34(43)46-25-26-11-6-5-7-12-26)15-10-16-38-32(41)27-13-8-9-14-28(27)33(38)42;31-24-21-9-4-5-10-22(21)25(32)30(24)16-6-11-23(29-17-14-27-12-13-28-15-18-29)26(33)34-19-20-7-2-1-3-8-20;21-17(20(25)26-13-14-7-2-1-3-8-14)11-6-12-22-18(23)15-9-4-5-10-16(15)19(22)24;16-3-1-2-12(15(24)25)19-8-6-17(10-13(20)21)4-5-18(7-9-19)11-14(22)23;1-2-8-5-6-9-4-3-7-1/h5-9,11-14,29H,3-4,10,15-25H2,1-2H3;1-5,7-10,23,27-28H,6,11-19H2;1-5,7-10,17H,6,11-13H2;12H,1-11,16H2,(H,20,21)(H,22,23)(H,24,25);7-9H,1-6H2. The van der Waals surface area contributed by atoms with Gasteiger partial charge in [0.25, 0.3) is 35.4 Å². The van der Waals surface area contributed by atoms with Gasteiger partial charge in [-0.25, -0.2) is 0 Å². The first-order valence-corrected chi connectivity index (χ1v) is 49.2. The van der Waals surface area contributed by atoms with Crippen molar-refractivity contribution < 1.29 is 106 Å². The van der Waals surface area contributed by atoms with Crippen LogP contribution in [-0.2, 0) is 81.9 Å². The van der Waals surface area contributed by atoms with Crippen molar-refractivity contribution in [2.45, 2.75) is 108 Å². The summed E-state index contributed by atoms with van der Waals surface area (Å²) in [6.07, 6.45) is 3.70. The third-order valence-electron chi connectivity index (χ3n) is 24.3. The lowest BCUT2D eigenvalue weighted by atomic mass is 10.1. The van der Waals surface area contributed by atoms with Gasteiger partial charge in [-0.05, 0) is 125 Å². The number of nitrogens with zero attached hydrogens (tertiary/aromatic N) is 10. The Kier molecular flexibility index (Phi) is 49.6. The SMILES string of the molecule is C1CNCCNCCN1.CCOC(=O)CN1CCN(CC(=O)OCC)CCN(C(CCCN2C(=O)c3ccccc3C2=O)C(=O)OCc2ccccc2)CC1.NCCCC(C(=O)O)N1CCN(CC(=O)O)CCN(CC(=O)O)CC1.O=C(OCc1ccccc1)C(Br)CCCN1C(=O)c2ccccc2C1=O.O=C(OCc1ccccc1)C(CCCN1C(=O)c2ccccc2C1=O)N1CCNCCNCC1. The molecule has 7 heterocycles. The Morgan fingerprint density at radius 3 is 0.871 bits per heavy atom. The molecule has 10 N–H and O–H groups in total. The number of imide groups is 3. The van der Waals surface area contributed by atoms with Crippen LogP contribution in [0.5, 0.6) is 0 Å². The Labute approximate surface area is 826 Å². The van der Waals surface area contributed by atoms with Crippen molar-refractivity contribution in [3.63, 3.8) is 0 Å². The number of benzene rings is 6. The van der Waals surface area contributed by atoms with Crippen LogP contribution in [0, 0.1) is 0 Å². The highest BCUT2D eigenvalue weighted by Gasteiger charge is 2.40. The lowest BCUT2D eigenvalue weighted by Gasteiger charge is -2.32. The molecular weight excluding hydrogens is 1870 g/mol. The number of hydrogen-bond donors (Lipinski definition) is 9. The van der Waals surface area contributed by atoms with Crippen LogP contribution in [0.2, 0.25) is 0 Å². The van der Waals surface area contributed by atoms with Crippen molar-refractivity contribution in [1.29, 1.82) is 0 Å². The molecule has 760 valence electrons. The fourth-order valence-electron chi connectivity index (χ4n) is 16.8. The second kappa shape index (κ2) is 61.9. The number of carboxylic acid groups (broad SMARTS) is 3. The molecule has 0 saturated carbocycles. The van der Waals surface area contributed by atoms with Gasteiger partial charge in [-0.1, -0.05) is 143 Å². The molecule has 4 atom stereocenters. The van der Waals surface area contributed by atoms with Crippen molar-refractivity contribution in [2.24, 2.45) is 5.73 Å². The number of rotatable bonds is 38. The van der Waals surface area contributed by atoms with Gasteiger partial charge in [-0.2, -0.15) is 0 Å². The predicted octanol–water partition coefficient (Wildman–Crippen LogP) is 4.50. The number of nitrogens with two attached hydrogens (primary N) is 1. The predicted molar refractivity (Wildman–Crippen MR) is 525 cm³/mol. The van der Waals surface area contributed by atoms with E-state index in [-0.39, 0.29) is 138 Å². The molecule has 0 aliphatic carbocycles. The quantitative estimate of drug-likeness (QED) is 0.0111. The monoisotopic (exact) mass is 2000 g/mol. The summed E-state index contributed by atoms with van der Waals surface area (Å²) in [5, 5.41) is 44.2. The number of ether oxygens (including phenoxy) is 5. The van der Waals surface area contributed by atoms with E-state index in [0.717, 1.165) is 95.2 Å². The average Bonchev–Trinajstić information content (AvgIpc) is 1.65. The third kappa shape index (κ3) is 37.5. The van der Waals surface area contributed by atoms with Crippen LogP contribution in [0.3, 0.4) is 0 Å². The average molecular weight is 2010 g/mol. The van der Waals surface area contributed by atoms with E-state index >= 15 is 0 Å². The Balaban J connectivity index is 0.000000208. The third-order valence-corrected chi connectivity index (χ3v) is 25.2. The number of aliphatic carboxylic acids is 3. The van der Waals surface area contributed by atoms with Gasteiger partial charge in [0.2, 0.25) is 0 Å². The molecule has 4 saturated heterocycles. The minimum absolute atomic E-state index is 0.0811. The zero-order valence-electron chi connectivity index (χ0n) is 80.2. The number of alkyl halides is 1. The van der Waals surface area contributed by atoms with Gasteiger partial charge >= 0.3 is 47.8 Å². The Hall–Kier alpha value is -11.5. The van der Waals surface area contributed by atoms with Crippen LogP contribution in [0.1, 0.15) is 144 Å². The molecule has 0 aromatic heterocycles. The molecule has 39 heteroatoms. The molecule has 7 aliphatic heterocycles. The first-order valence-electron chi connectivity index (χ1n) is 48.3. The summed E-state index contributed by atoms with van der Waals surface area (Å²) in [5.41, 5.74) is 10.7. The van der Waals surface area contributed by atoms with E-state index < -0.39 is 46.8 Å². The van der Waals surface area contributed by atoms with Gasteiger partial charge in [-0.3, -0.25) is 116 Å². The van der Waals surface area contributed by atoms with Gasteiger partial charge in [-0.15, -0.1) is 0 Å². The molecule has 0 spiro atoms.